The van der Waals surface area contributed by atoms with E-state index in [1.165, 1.54) is 38.8 Å². The fourth-order valence-electron chi connectivity index (χ4n) is 3.05. The molecule has 0 unspecified atom stereocenters. The van der Waals surface area contributed by atoms with Crippen molar-refractivity contribution < 1.29 is 24.5 Å². The molecule has 0 saturated carbocycles. The number of carboxylic acid groups (broad SMARTS) is 2. The molecule has 2 saturated heterocycles. The van der Waals surface area contributed by atoms with Crippen LogP contribution in [0.25, 0.3) is 0 Å². The minimum Gasteiger partial charge on any atom is -0.475 e. The lowest BCUT2D eigenvalue weighted by atomic mass is 9.95. The van der Waals surface area contributed by atoms with E-state index in [0.29, 0.717) is 11.0 Å². The highest BCUT2D eigenvalue weighted by Crippen LogP contribution is 2.38. The van der Waals surface area contributed by atoms with Crippen LogP contribution in [0.3, 0.4) is 0 Å². The molecule has 0 spiro atoms. The lowest BCUT2D eigenvalue weighted by Gasteiger charge is -2.31. The number of aromatic nitrogens is 2. The Kier molecular flexibility index (Phi) is 5.73. The number of ether oxygens (including phenoxy) is 1. The molecule has 126 valence electrons. The van der Waals surface area contributed by atoms with E-state index < -0.39 is 11.9 Å². The molecule has 0 aromatic carbocycles. The van der Waals surface area contributed by atoms with Crippen molar-refractivity contribution in [2.45, 2.75) is 31.2 Å². The number of carboxylic acids is 2. The first-order valence-electron chi connectivity index (χ1n) is 7.26. The molecule has 2 N–H and O–H groups in total. The summed E-state index contributed by atoms with van der Waals surface area (Å²) in [5.74, 6) is -3.08. The molecule has 2 aliphatic heterocycles. The maximum atomic E-state index is 9.10. The molecule has 2 aliphatic rings. The molecule has 2 fully saturated rings. The standard InChI is InChI=1S/C12H16ClN3O.C2H2O4/c13-10-3-4-11(15-14-10)17-9-12-5-1-7-16(12)8-2-6-12;3-1(4)2(5)6/h3-4H,1-2,5-9H2;(H,3,4)(H,5,6). The van der Waals surface area contributed by atoms with Crippen LogP contribution >= 0.6 is 11.6 Å². The number of fused-ring (bicyclic) bond motifs is 1. The molecule has 1 aromatic rings. The smallest absolute Gasteiger partial charge is 0.414 e. The summed E-state index contributed by atoms with van der Waals surface area (Å²) < 4.78 is 5.78. The first-order valence-corrected chi connectivity index (χ1v) is 7.64. The van der Waals surface area contributed by atoms with Crippen molar-refractivity contribution in [2.75, 3.05) is 19.7 Å². The molecule has 0 amide bonds. The Hall–Kier alpha value is -1.93. The van der Waals surface area contributed by atoms with Crippen LogP contribution in [0.5, 0.6) is 5.88 Å². The summed E-state index contributed by atoms with van der Waals surface area (Å²) in [6.07, 6.45) is 5.06. The van der Waals surface area contributed by atoms with Crippen LogP contribution in [0.15, 0.2) is 12.1 Å². The number of rotatable bonds is 3. The number of hydrogen-bond acceptors (Lipinski definition) is 6. The molecule has 1 aromatic heterocycles. The van der Waals surface area contributed by atoms with Crippen molar-refractivity contribution >= 4 is 23.5 Å². The molecule has 23 heavy (non-hydrogen) atoms. The number of hydrogen-bond donors (Lipinski definition) is 2. The van der Waals surface area contributed by atoms with Crippen molar-refractivity contribution in [2.24, 2.45) is 0 Å². The summed E-state index contributed by atoms with van der Waals surface area (Å²) in [5, 5.41) is 22.9. The maximum absolute atomic E-state index is 9.10. The monoisotopic (exact) mass is 343 g/mol. The van der Waals surface area contributed by atoms with Gasteiger partial charge >= 0.3 is 11.9 Å². The van der Waals surface area contributed by atoms with Gasteiger partial charge in [0, 0.05) is 6.07 Å². The molecule has 3 rings (SSSR count). The predicted molar refractivity (Wildman–Crippen MR) is 80.6 cm³/mol. The Balaban J connectivity index is 0.000000277. The summed E-state index contributed by atoms with van der Waals surface area (Å²) in [5.41, 5.74) is 0.265. The number of nitrogens with zero attached hydrogens (tertiary/aromatic N) is 3. The number of halogens is 1. The fraction of sp³-hybridized carbons (Fsp3) is 0.571. The van der Waals surface area contributed by atoms with E-state index in [1.807, 2.05) is 0 Å². The normalized spacial score (nSPS) is 18.7. The van der Waals surface area contributed by atoms with E-state index in [-0.39, 0.29) is 5.54 Å². The molecule has 8 nitrogen and oxygen atoms in total. The Labute approximate surface area is 138 Å². The second-order valence-electron chi connectivity index (χ2n) is 5.51. The molecule has 0 aliphatic carbocycles. The Morgan fingerprint density at radius 2 is 1.78 bits per heavy atom. The molecule has 9 heteroatoms. The van der Waals surface area contributed by atoms with Crippen molar-refractivity contribution in [3.05, 3.63) is 17.3 Å². The summed E-state index contributed by atoms with van der Waals surface area (Å²) in [6.45, 7) is 3.16. The zero-order valence-corrected chi connectivity index (χ0v) is 13.2. The van der Waals surface area contributed by atoms with Crippen LogP contribution < -0.4 is 4.74 Å². The highest BCUT2D eigenvalue weighted by molar-refractivity contribution is 6.29. The predicted octanol–water partition coefficient (Wildman–Crippen LogP) is 1.29. The van der Waals surface area contributed by atoms with Gasteiger partial charge in [0.1, 0.15) is 6.61 Å². The first kappa shape index (κ1) is 17.4. The fourth-order valence-corrected chi connectivity index (χ4v) is 3.15. The van der Waals surface area contributed by atoms with E-state index in [0.717, 1.165) is 6.61 Å². The van der Waals surface area contributed by atoms with Crippen LogP contribution in [0.2, 0.25) is 5.15 Å². The number of carbonyl (C=O) groups is 2. The van der Waals surface area contributed by atoms with Gasteiger partial charge in [-0.1, -0.05) is 11.6 Å². The van der Waals surface area contributed by atoms with Gasteiger partial charge in [0.25, 0.3) is 0 Å². The quantitative estimate of drug-likeness (QED) is 0.789. The van der Waals surface area contributed by atoms with Gasteiger partial charge in [-0.25, -0.2) is 9.59 Å². The summed E-state index contributed by atoms with van der Waals surface area (Å²) >= 11 is 5.69. The zero-order valence-electron chi connectivity index (χ0n) is 12.4. The minimum atomic E-state index is -1.82. The van der Waals surface area contributed by atoms with Crippen molar-refractivity contribution in [3.8, 4) is 5.88 Å². The third-order valence-electron chi connectivity index (χ3n) is 4.09. The summed E-state index contributed by atoms with van der Waals surface area (Å²) in [6, 6.07) is 3.49. The highest BCUT2D eigenvalue weighted by atomic mass is 35.5. The third kappa shape index (κ3) is 4.52. The maximum Gasteiger partial charge on any atom is 0.414 e. The molecule has 3 heterocycles. The van der Waals surface area contributed by atoms with Crippen LogP contribution in [0.4, 0.5) is 0 Å². The molecule has 0 atom stereocenters. The second-order valence-corrected chi connectivity index (χ2v) is 5.90. The van der Waals surface area contributed by atoms with Crippen LogP contribution in [-0.2, 0) is 9.59 Å². The lowest BCUT2D eigenvalue weighted by molar-refractivity contribution is -0.159. The van der Waals surface area contributed by atoms with Gasteiger partial charge < -0.3 is 14.9 Å². The van der Waals surface area contributed by atoms with Crippen molar-refractivity contribution in [3.63, 3.8) is 0 Å². The van der Waals surface area contributed by atoms with E-state index in [4.69, 9.17) is 36.1 Å². The summed E-state index contributed by atoms with van der Waals surface area (Å²) in [4.78, 5) is 20.8. The summed E-state index contributed by atoms with van der Waals surface area (Å²) in [7, 11) is 0. The van der Waals surface area contributed by atoms with E-state index in [1.54, 1.807) is 12.1 Å². The first-order chi connectivity index (χ1) is 10.9. The van der Waals surface area contributed by atoms with Crippen molar-refractivity contribution in [1.82, 2.24) is 15.1 Å². The molecular weight excluding hydrogens is 326 g/mol. The van der Waals surface area contributed by atoms with Gasteiger partial charge in [-0.05, 0) is 44.8 Å². The largest absolute Gasteiger partial charge is 0.475 e. The second kappa shape index (κ2) is 7.56. The van der Waals surface area contributed by atoms with Gasteiger partial charge in [0.15, 0.2) is 5.15 Å². The molecule has 0 radical (unpaired) electrons. The Bertz CT molecular complexity index is 544. The lowest BCUT2D eigenvalue weighted by Crippen LogP contribution is -2.43. The van der Waals surface area contributed by atoms with Crippen LogP contribution in [0, 0.1) is 0 Å². The molecule has 0 bridgehead atoms. The average molecular weight is 344 g/mol. The van der Waals surface area contributed by atoms with Gasteiger partial charge in [-0.2, -0.15) is 0 Å². The van der Waals surface area contributed by atoms with Crippen LogP contribution in [-0.4, -0.2) is 62.5 Å². The third-order valence-corrected chi connectivity index (χ3v) is 4.29. The minimum absolute atomic E-state index is 0.265. The Morgan fingerprint density at radius 1 is 1.17 bits per heavy atom. The molecular formula is C14H18ClN3O5. The van der Waals surface area contributed by atoms with Gasteiger partial charge in [-0.15, -0.1) is 10.2 Å². The van der Waals surface area contributed by atoms with Crippen LogP contribution in [0.1, 0.15) is 25.7 Å². The number of aliphatic carboxylic acids is 2. The van der Waals surface area contributed by atoms with Crippen molar-refractivity contribution in [1.29, 1.82) is 0 Å². The zero-order chi connectivity index (χ0) is 16.9. The van der Waals surface area contributed by atoms with E-state index in [2.05, 4.69) is 15.1 Å². The van der Waals surface area contributed by atoms with Gasteiger partial charge in [0.2, 0.25) is 5.88 Å². The van der Waals surface area contributed by atoms with E-state index >= 15 is 0 Å². The Morgan fingerprint density at radius 3 is 2.26 bits per heavy atom. The van der Waals surface area contributed by atoms with E-state index in [9.17, 15) is 0 Å². The highest BCUT2D eigenvalue weighted by Gasteiger charge is 2.44. The SMILES string of the molecule is Clc1ccc(OCC23CCCN2CCC3)nn1.O=C(O)C(=O)O. The average Bonchev–Trinajstić information content (AvgIpc) is 3.07. The van der Waals surface area contributed by atoms with Gasteiger partial charge in [0.05, 0.1) is 5.54 Å². The topological polar surface area (TPSA) is 113 Å². The van der Waals surface area contributed by atoms with Gasteiger partial charge in [-0.3, -0.25) is 4.90 Å².